The van der Waals surface area contributed by atoms with Crippen LogP contribution < -0.4 is 4.72 Å². The van der Waals surface area contributed by atoms with Crippen molar-refractivity contribution in [3.8, 4) is 0 Å². The first-order chi connectivity index (χ1) is 9.13. The van der Waals surface area contributed by atoms with Gasteiger partial charge in [0, 0.05) is 0 Å². The highest BCUT2D eigenvalue weighted by molar-refractivity contribution is 7.89. The van der Waals surface area contributed by atoms with Crippen molar-refractivity contribution in [1.29, 1.82) is 0 Å². The fourth-order valence-electron chi connectivity index (χ4n) is 1.67. The third-order valence-corrected chi connectivity index (χ3v) is 4.23. The summed E-state index contributed by atoms with van der Waals surface area (Å²) in [6, 6.07) is 2.23. The van der Waals surface area contributed by atoms with E-state index in [0.717, 1.165) is 6.07 Å². The number of sulfonamides is 1. The van der Waals surface area contributed by atoms with Gasteiger partial charge in [-0.25, -0.2) is 12.8 Å². The van der Waals surface area contributed by atoms with Crippen molar-refractivity contribution >= 4 is 16.0 Å². The summed E-state index contributed by atoms with van der Waals surface area (Å²) in [5.41, 5.74) is 0.320. The topological polar surface area (TPSA) is 83.5 Å². The van der Waals surface area contributed by atoms with Crippen LogP contribution in [0.25, 0.3) is 0 Å². The van der Waals surface area contributed by atoms with Gasteiger partial charge in [-0.1, -0.05) is 19.9 Å². The average molecular weight is 303 g/mol. The van der Waals surface area contributed by atoms with E-state index < -0.39 is 27.9 Å². The fraction of sp³-hybridized carbons (Fsp3) is 0.462. The molecule has 20 heavy (non-hydrogen) atoms. The summed E-state index contributed by atoms with van der Waals surface area (Å²) < 4.78 is 39.6. The van der Waals surface area contributed by atoms with Crippen LogP contribution in [0.4, 0.5) is 4.39 Å². The van der Waals surface area contributed by atoms with E-state index in [4.69, 9.17) is 5.11 Å². The van der Waals surface area contributed by atoms with Crippen molar-refractivity contribution in [2.45, 2.75) is 38.1 Å². The van der Waals surface area contributed by atoms with Gasteiger partial charge in [-0.05, 0) is 37.0 Å². The van der Waals surface area contributed by atoms with E-state index in [0.29, 0.717) is 5.56 Å². The van der Waals surface area contributed by atoms with Gasteiger partial charge in [0.15, 0.2) is 0 Å². The predicted molar refractivity (Wildman–Crippen MR) is 72.3 cm³/mol. The van der Waals surface area contributed by atoms with Crippen molar-refractivity contribution in [2.24, 2.45) is 5.92 Å². The zero-order valence-electron chi connectivity index (χ0n) is 11.6. The van der Waals surface area contributed by atoms with Crippen molar-refractivity contribution in [3.63, 3.8) is 0 Å². The van der Waals surface area contributed by atoms with Crippen LogP contribution in [0, 0.1) is 18.7 Å². The zero-order chi connectivity index (χ0) is 15.5. The summed E-state index contributed by atoms with van der Waals surface area (Å²) in [6.07, 6.45) is 0.156. The molecule has 2 N–H and O–H groups in total. The second-order valence-electron chi connectivity index (χ2n) is 5.05. The molecule has 0 amide bonds. The summed E-state index contributed by atoms with van der Waals surface area (Å²) in [5, 5.41) is 9.03. The van der Waals surface area contributed by atoms with Gasteiger partial charge < -0.3 is 5.11 Å². The average Bonchev–Trinajstić information content (AvgIpc) is 2.30. The molecule has 0 aliphatic carbocycles. The van der Waals surface area contributed by atoms with Gasteiger partial charge in [-0.2, -0.15) is 4.72 Å². The number of nitrogens with one attached hydrogen (secondary N) is 1. The maximum atomic E-state index is 13.4. The number of carboxylic acids is 1. The van der Waals surface area contributed by atoms with Gasteiger partial charge in [-0.15, -0.1) is 0 Å². The molecule has 0 aliphatic heterocycles. The van der Waals surface area contributed by atoms with Crippen molar-refractivity contribution in [2.75, 3.05) is 0 Å². The quantitative estimate of drug-likeness (QED) is 0.841. The number of carbonyl (C=O) groups is 1. The third kappa shape index (κ3) is 4.28. The summed E-state index contributed by atoms with van der Waals surface area (Å²) in [7, 11) is -4.06. The van der Waals surface area contributed by atoms with Crippen LogP contribution >= 0.6 is 0 Å². The molecule has 1 atom stereocenters. The van der Waals surface area contributed by atoms with Crippen LogP contribution in [-0.4, -0.2) is 25.5 Å². The lowest BCUT2D eigenvalue weighted by Gasteiger charge is -2.16. The number of carboxylic acid groups (broad SMARTS) is 1. The summed E-state index contributed by atoms with van der Waals surface area (Å²) in [4.78, 5) is 10.8. The Kier molecular flexibility index (Phi) is 5.24. The first kappa shape index (κ1) is 16.6. The van der Waals surface area contributed by atoms with Crippen molar-refractivity contribution < 1.29 is 22.7 Å². The molecule has 0 heterocycles. The molecular formula is C13H18FNO4S. The second-order valence-corrected chi connectivity index (χ2v) is 6.77. The summed E-state index contributed by atoms with van der Waals surface area (Å²) >= 11 is 0. The van der Waals surface area contributed by atoms with Gasteiger partial charge >= 0.3 is 5.97 Å². The number of benzene rings is 1. The highest BCUT2D eigenvalue weighted by Crippen LogP contribution is 2.16. The SMILES string of the molecule is Cc1ccc(S(=O)(=O)N[C@@H](CC(C)C)C(=O)O)cc1F. The minimum atomic E-state index is -4.06. The smallest absolute Gasteiger partial charge is 0.321 e. The summed E-state index contributed by atoms with van der Waals surface area (Å²) in [5.74, 6) is -1.90. The Labute approximate surface area is 117 Å². The van der Waals surface area contributed by atoms with Crippen molar-refractivity contribution in [3.05, 3.63) is 29.6 Å². The Morgan fingerprint density at radius 1 is 1.40 bits per heavy atom. The van der Waals surface area contributed by atoms with E-state index >= 15 is 0 Å². The van der Waals surface area contributed by atoms with Crippen molar-refractivity contribution in [1.82, 2.24) is 4.72 Å². The molecule has 1 aromatic carbocycles. The van der Waals surface area contributed by atoms with Gasteiger partial charge in [0.1, 0.15) is 11.9 Å². The predicted octanol–water partition coefficient (Wildman–Crippen LogP) is 1.91. The maximum Gasteiger partial charge on any atom is 0.321 e. The third-order valence-electron chi connectivity index (χ3n) is 2.76. The Balaban J connectivity index is 3.03. The molecule has 0 unspecified atom stereocenters. The van der Waals surface area contributed by atoms with Crippen LogP contribution in [0.15, 0.2) is 23.1 Å². The van der Waals surface area contributed by atoms with E-state index in [9.17, 15) is 17.6 Å². The molecule has 7 heteroatoms. The highest BCUT2D eigenvalue weighted by atomic mass is 32.2. The van der Waals surface area contributed by atoms with Crippen LogP contribution in [0.3, 0.4) is 0 Å². The number of aliphatic carboxylic acids is 1. The highest BCUT2D eigenvalue weighted by Gasteiger charge is 2.26. The van der Waals surface area contributed by atoms with Gasteiger partial charge in [0.05, 0.1) is 4.90 Å². The van der Waals surface area contributed by atoms with E-state index in [1.54, 1.807) is 13.8 Å². The molecule has 1 aromatic rings. The monoisotopic (exact) mass is 303 g/mol. The van der Waals surface area contributed by atoms with Gasteiger partial charge in [-0.3, -0.25) is 4.79 Å². The minimum Gasteiger partial charge on any atom is -0.480 e. The zero-order valence-corrected chi connectivity index (χ0v) is 12.4. The number of hydrogen-bond acceptors (Lipinski definition) is 3. The number of rotatable bonds is 6. The molecule has 0 saturated carbocycles. The molecule has 0 fully saturated rings. The van der Waals surface area contributed by atoms with Crippen LogP contribution in [0.1, 0.15) is 25.8 Å². The Hall–Kier alpha value is -1.47. The number of aryl methyl sites for hydroxylation is 1. The first-order valence-corrected chi connectivity index (χ1v) is 7.63. The molecule has 0 spiro atoms. The van der Waals surface area contributed by atoms with E-state index in [1.807, 2.05) is 0 Å². The standard InChI is InChI=1S/C13H18FNO4S/c1-8(2)6-12(13(16)17)15-20(18,19)10-5-4-9(3)11(14)7-10/h4-5,7-8,12,15H,6H2,1-3H3,(H,16,17)/t12-/m0/s1. The van der Waals surface area contributed by atoms with Crippen LogP contribution in [-0.2, 0) is 14.8 Å². The molecule has 0 bridgehead atoms. The molecular weight excluding hydrogens is 285 g/mol. The normalized spacial score (nSPS) is 13.4. The molecule has 5 nitrogen and oxygen atoms in total. The second kappa shape index (κ2) is 6.32. The molecule has 1 rings (SSSR count). The summed E-state index contributed by atoms with van der Waals surface area (Å²) in [6.45, 7) is 5.09. The van der Waals surface area contributed by atoms with E-state index in [-0.39, 0.29) is 17.2 Å². The molecule has 0 saturated heterocycles. The maximum absolute atomic E-state index is 13.4. The lowest BCUT2D eigenvalue weighted by molar-refractivity contribution is -0.139. The molecule has 0 radical (unpaired) electrons. The van der Waals surface area contributed by atoms with Gasteiger partial charge in [0.2, 0.25) is 10.0 Å². The first-order valence-electron chi connectivity index (χ1n) is 6.14. The number of hydrogen-bond donors (Lipinski definition) is 2. The lowest BCUT2D eigenvalue weighted by atomic mass is 10.1. The fourth-order valence-corrected chi connectivity index (χ4v) is 2.88. The Morgan fingerprint density at radius 2 is 2.00 bits per heavy atom. The Bertz CT molecular complexity index is 598. The lowest BCUT2D eigenvalue weighted by Crippen LogP contribution is -2.41. The molecule has 0 aliphatic rings. The van der Waals surface area contributed by atoms with Crippen LogP contribution in [0.5, 0.6) is 0 Å². The molecule has 0 aromatic heterocycles. The van der Waals surface area contributed by atoms with E-state index in [2.05, 4.69) is 4.72 Å². The van der Waals surface area contributed by atoms with Gasteiger partial charge in [0.25, 0.3) is 0 Å². The molecule has 112 valence electrons. The largest absolute Gasteiger partial charge is 0.480 e. The Morgan fingerprint density at radius 3 is 2.45 bits per heavy atom. The minimum absolute atomic E-state index is 0.00792. The van der Waals surface area contributed by atoms with E-state index in [1.165, 1.54) is 19.1 Å². The number of halogens is 1. The van der Waals surface area contributed by atoms with Crippen LogP contribution in [0.2, 0.25) is 0 Å².